The van der Waals surface area contributed by atoms with E-state index in [9.17, 15) is 14.4 Å². The second-order valence-corrected chi connectivity index (χ2v) is 19.5. The summed E-state index contributed by atoms with van der Waals surface area (Å²) in [5.74, 6) is -0.887. The van der Waals surface area contributed by atoms with E-state index >= 15 is 0 Å². The summed E-state index contributed by atoms with van der Waals surface area (Å²) in [5.41, 5.74) is 0. The van der Waals surface area contributed by atoms with E-state index < -0.39 is 6.10 Å². The van der Waals surface area contributed by atoms with Gasteiger partial charge >= 0.3 is 17.9 Å². The van der Waals surface area contributed by atoms with Crippen LogP contribution in [0, 0.1) is 0 Å². The fourth-order valence-corrected chi connectivity index (χ4v) is 8.29. The average molecular weight is 964 g/mol. The number of carbonyl (C=O) groups excluding carboxylic acids is 3. The Morgan fingerprint density at radius 2 is 0.565 bits per heavy atom. The zero-order chi connectivity index (χ0) is 50.0. The van der Waals surface area contributed by atoms with Crippen molar-refractivity contribution in [1.82, 2.24) is 0 Å². The van der Waals surface area contributed by atoms with E-state index in [-0.39, 0.29) is 31.1 Å². The molecule has 0 bridgehead atoms. The summed E-state index contributed by atoms with van der Waals surface area (Å²) >= 11 is 0. The molecule has 0 aliphatic heterocycles. The van der Waals surface area contributed by atoms with Crippen molar-refractivity contribution in [2.45, 2.75) is 297 Å². The Labute approximate surface area is 427 Å². The monoisotopic (exact) mass is 963 g/mol. The van der Waals surface area contributed by atoms with Crippen molar-refractivity contribution in [1.29, 1.82) is 0 Å². The number of rotatable bonds is 53. The predicted octanol–water partition coefficient (Wildman–Crippen LogP) is 19.8. The van der Waals surface area contributed by atoms with E-state index in [0.29, 0.717) is 19.3 Å². The Kier molecular flexibility index (Phi) is 54.8. The van der Waals surface area contributed by atoms with Gasteiger partial charge in [-0.25, -0.2) is 0 Å². The van der Waals surface area contributed by atoms with Crippen molar-refractivity contribution in [2.24, 2.45) is 0 Å². The summed E-state index contributed by atoms with van der Waals surface area (Å²) in [5, 5.41) is 0. The molecule has 1 unspecified atom stereocenters. The topological polar surface area (TPSA) is 78.9 Å². The van der Waals surface area contributed by atoms with Crippen LogP contribution >= 0.6 is 0 Å². The van der Waals surface area contributed by atoms with Crippen molar-refractivity contribution in [2.75, 3.05) is 13.2 Å². The zero-order valence-electron chi connectivity index (χ0n) is 45.6. The van der Waals surface area contributed by atoms with E-state index in [2.05, 4.69) is 93.7 Å². The molecule has 0 radical (unpaired) electrons. The van der Waals surface area contributed by atoms with Crippen LogP contribution in [0.15, 0.2) is 72.9 Å². The zero-order valence-corrected chi connectivity index (χ0v) is 45.6. The molecule has 0 saturated carbocycles. The van der Waals surface area contributed by atoms with Crippen molar-refractivity contribution in [3.63, 3.8) is 0 Å². The molecule has 6 heteroatoms. The third-order valence-corrected chi connectivity index (χ3v) is 12.7. The van der Waals surface area contributed by atoms with Gasteiger partial charge in [-0.1, -0.05) is 254 Å². The second-order valence-electron chi connectivity index (χ2n) is 19.5. The number of esters is 3. The fraction of sp³-hybridized carbons (Fsp3) is 0.762. The normalized spacial score (nSPS) is 12.6. The van der Waals surface area contributed by atoms with Crippen LogP contribution in [0.3, 0.4) is 0 Å². The van der Waals surface area contributed by atoms with Crippen LogP contribution in [-0.2, 0) is 28.6 Å². The molecule has 69 heavy (non-hydrogen) atoms. The molecule has 0 aliphatic rings. The lowest BCUT2D eigenvalue weighted by molar-refractivity contribution is -0.167. The van der Waals surface area contributed by atoms with Gasteiger partial charge in [-0.2, -0.15) is 0 Å². The van der Waals surface area contributed by atoms with Crippen molar-refractivity contribution in [3.05, 3.63) is 72.9 Å². The van der Waals surface area contributed by atoms with E-state index in [1.165, 1.54) is 141 Å². The lowest BCUT2D eigenvalue weighted by atomic mass is 10.0. The second kappa shape index (κ2) is 57.4. The maximum Gasteiger partial charge on any atom is 0.306 e. The van der Waals surface area contributed by atoms with Gasteiger partial charge in [0.05, 0.1) is 0 Å². The molecule has 0 aromatic heterocycles. The van der Waals surface area contributed by atoms with Gasteiger partial charge in [0.15, 0.2) is 6.10 Å². The third-order valence-electron chi connectivity index (χ3n) is 12.7. The summed E-state index contributed by atoms with van der Waals surface area (Å²) in [6.07, 6.45) is 73.3. The highest BCUT2D eigenvalue weighted by atomic mass is 16.6. The summed E-state index contributed by atoms with van der Waals surface area (Å²) in [6.45, 7) is 6.51. The highest BCUT2D eigenvalue weighted by Crippen LogP contribution is 2.16. The standard InChI is InChI=1S/C63H110O6/c1-4-7-10-13-16-19-22-24-26-28-29-30-31-32-33-34-35-36-38-39-41-44-47-50-53-56-62(65)68-59-60(58-67-61(64)55-52-49-46-43-21-18-15-12-9-6-3)69-63(66)57-54-51-48-45-42-40-37-27-25-23-20-17-14-11-8-5-2/h7,10,16,19-20,23-24,26-27,29-30,37,60H,4-6,8-9,11-15,17-18,21-22,25,28,31-36,38-59H2,1-3H3/b10-7-,19-16-,23-20-,26-24-,30-29-,37-27-. The van der Waals surface area contributed by atoms with Crippen LogP contribution < -0.4 is 0 Å². The summed E-state index contributed by atoms with van der Waals surface area (Å²) < 4.78 is 16.8. The number of allylic oxidation sites excluding steroid dienone is 12. The van der Waals surface area contributed by atoms with Crippen LogP contribution in [0.5, 0.6) is 0 Å². The number of hydrogen-bond acceptors (Lipinski definition) is 6. The first-order valence-corrected chi connectivity index (χ1v) is 29.4. The van der Waals surface area contributed by atoms with Crippen molar-refractivity contribution >= 4 is 17.9 Å². The van der Waals surface area contributed by atoms with E-state index in [0.717, 1.165) is 109 Å². The minimum Gasteiger partial charge on any atom is -0.462 e. The number of carbonyl (C=O) groups is 3. The predicted molar refractivity (Wildman–Crippen MR) is 298 cm³/mol. The Morgan fingerprint density at radius 3 is 0.899 bits per heavy atom. The molecule has 0 fully saturated rings. The molecule has 1 atom stereocenters. The number of hydrogen-bond donors (Lipinski definition) is 0. The molecule has 0 spiro atoms. The Bertz CT molecular complexity index is 1290. The first kappa shape index (κ1) is 65.8. The lowest BCUT2D eigenvalue weighted by Crippen LogP contribution is -2.30. The lowest BCUT2D eigenvalue weighted by Gasteiger charge is -2.18. The molecule has 0 aliphatic carbocycles. The molecule has 0 saturated heterocycles. The molecule has 6 nitrogen and oxygen atoms in total. The molecule has 0 rings (SSSR count). The molecule has 0 aromatic rings. The number of ether oxygens (including phenoxy) is 3. The molecular weight excluding hydrogens is 853 g/mol. The Morgan fingerprint density at radius 1 is 0.304 bits per heavy atom. The molecule has 398 valence electrons. The maximum absolute atomic E-state index is 12.8. The van der Waals surface area contributed by atoms with Crippen LogP contribution in [0.1, 0.15) is 290 Å². The maximum atomic E-state index is 12.8. The molecule has 0 amide bonds. The van der Waals surface area contributed by atoms with Crippen LogP contribution in [0.4, 0.5) is 0 Å². The highest BCUT2D eigenvalue weighted by molar-refractivity contribution is 5.71. The summed E-state index contributed by atoms with van der Waals surface area (Å²) in [4.78, 5) is 38.1. The van der Waals surface area contributed by atoms with Gasteiger partial charge in [0.25, 0.3) is 0 Å². The van der Waals surface area contributed by atoms with Gasteiger partial charge < -0.3 is 14.2 Å². The summed E-state index contributed by atoms with van der Waals surface area (Å²) in [6, 6.07) is 0. The van der Waals surface area contributed by atoms with Crippen LogP contribution in [0.25, 0.3) is 0 Å². The number of unbranched alkanes of at least 4 members (excludes halogenated alkanes) is 30. The SMILES string of the molecule is CC/C=C\C/C=C\C/C=C\C/C=C\CCCCCCCCCCCCCCC(=O)OCC(COC(=O)CCCCCCCCCCCC)OC(=O)CCCCCCC/C=C\C/C=C\CCCCCC. The van der Waals surface area contributed by atoms with Gasteiger partial charge in [0.1, 0.15) is 13.2 Å². The molecular formula is C63H110O6. The van der Waals surface area contributed by atoms with Gasteiger partial charge in [0.2, 0.25) is 0 Å². The minimum absolute atomic E-state index is 0.0788. The minimum atomic E-state index is -0.781. The van der Waals surface area contributed by atoms with E-state index in [1.54, 1.807) is 0 Å². The fourth-order valence-electron chi connectivity index (χ4n) is 8.29. The summed E-state index contributed by atoms with van der Waals surface area (Å²) in [7, 11) is 0. The largest absolute Gasteiger partial charge is 0.462 e. The smallest absolute Gasteiger partial charge is 0.306 e. The van der Waals surface area contributed by atoms with Crippen LogP contribution in [-0.4, -0.2) is 37.2 Å². The average Bonchev–Trinajstić information content (AvgIpc) is 3.35. The van der Waals surface area contributed by atoms with E-state index in [1.807, 2.05) is 0 Å². The molecule has 0 aromatic carbocycles. The van der Waals surface area contributed by atoms with Crippen LogP contribution in [0.2, 0.25) is 0 Å². The first-order chi connectivity index (χ1) is 34.0. The Hall–Kier alpha value is -3.15. The van der Waals surface area contributed by atoms with Gasteiger partial charge in [-0.3, -0.25) is 14.4 Å². The van der Waals surface area contributed by atoms with Gasteiger partial charge in [0, 0.05) is 19.3 Å². The third kappa shape index (κ3) is 55.6. The quantitative estimate of drug-likeness (QED) is 0.0262. The molecule has 0 heterocycles. The molecule has 0 N–H and O–H groups in total. The van der Waals surface area contributed by atoms with E-state index in [4.69, 9.17) is 14.2 Å². The van der Waals surface area contributed by atoms with Gasteiger partial charge in [-0.15, -0.1) is 0 Å². The highest BCUT2D eigenvalue weighted by Gasteiger charge is 2.19. The van der Waals surface area contributed by atoms with Crippen molar-refractivity contribution < 1.29 is 28.6 Å². The van der Waals surface area contributed by atoms with Gasteiger partial charge in [-0.05, 0) is 89.9 Å². The van der Waals surface area contributed by atoms with Crippen molar-refractivity contribution in [3.8, 4) is 0 Å². The first-order valence-electron chi connectivity index (χ1n) is 29.4. The Balaban J connectivity index is 4.25.